The minimum atomic E-state index is -0.377. The topological polar surface area (TPSA) is 64.4 Å². The van der Waals surface area contributed by atoms with Crippen molar-refractivity contribution in [1.82, 2.24) is 0 Å². The Morgan fingerprint density at radius 3 is 2.76 bits per heavy atom. The molecule has 1 N–H and O–H groups in total. The smallest absolute Gasteiger partial charge is 0.282 e. The van der Waals surface area contributed by atoms with Gasteiger partial charge in [0.05, 0.1) is 15.1 Å². The van der Waals surface area contributed by atoms with Gasteiger partial charge in [0.1, 0.15) is 0 Å². The van der Waals surface area contributed by atoms with Crippen LogP contribution in [0.15, 0.2) is 18.2 Å². The molecule has 17 heavy (non-hydrogen) atoms. The van der Waals surface area contributed by atoms with E-state index in [1.54, 1.807) is 19.2 Å². The fourth-order valence-corrected chi connectivity index (χ4v) is 2.16. The Labute approximate surface area is 114 Å². The molecule has 1 atom stereocenters. The van der Waals surface area contributed by atoms with Crippen LogP contribution in [0.5, 0.6) is 0 Å². The Kier molecular flexibility index (Phi) is 5.63. The average Bonchev–Trinajstić information content (AvgIpc) is 2.28. The molecular weight excluding hydrogens is 335 g/mol. The zero-order valence-corrected chi connectivity index (χ0v) is 11.9. The molecule has 1 aromatic rings. The molecule has 0 saturated carbocycles. The van der Waals surface area contributed by atoms with Crippen molar-refractivity contribution in [3.05, 3.63) is 31.9 Å². The van der Waals surface area contributed by atoms with E-state index in [1.165, 1.54) is 6.07 Å². The predicted octanol–water partition coefficient (Wildman–Crippen LogP) is 3.04. The van der Waals surface area contributed by atoms with Crippen molar-refractivity contribution in [1.29, 1.82) is 0 Å². The number of nitrogens with one attached hydrogen (secondary N) is 1. The molecule has 0 saturated heterocycles. The zero-order valence-electron chi connectivity index (χ0n) is 9.77. The SMILES string of the molecule is CCC(COC)Nc1ccc([N+](=O)[O-])c(I)c1. The van der Waals surface area contributed by atoms with Gasteiger partial charge in [-0.1, -0.05) is 6.92 Å². The molecule has 1 rings (SSSR count). The third kappa shape index (κ3) is 4.12. The van der Waals surface area contributed by atoms with Gasteiger partial charge in [0.2, 0.25) is 0 Å². The Hall–Kier alpha value is -0.890. The molecule has 6 heteroatoms. The molecule has 1 aromatic carbocycles. The van der Waals surface area contributed by atoms with E-state index in [0.29, 0.717) is 10.2 Å². The summed E-state index contributed by atoms with van der Waals surface area (Å²) < 4.78 is 5.72. The number of hydrogen-bond acceptors (Lipinski definition) is 4. The Morgan fingerprint density at radius 1 is 1.59 bits per heavy atom. The molecule has 0 heterocycles. The fourth-order valence-electron chi connectivity index (χ4n) is 1.44. The number of ether oxygens (including phenoxy) is 1. The van der Waals surface area contributed by atoms with Crippen LogP contribution in [0.3, 0.4) is 0 Å². The lowest BCUT2D eigenvalue weighted by molar-refractivity contribution is -0.385. The minimum Gasteiger partial charge on any atom is -0.383 e. The minimum absolute atomic E-state index is 0.135. The van der Waals surface area contributed by atoms with Crippen LogP contribution in [0, 0.1) is 13.7 Å². The van der Waals surface area contributed by atoms with Crippen molar-refractivity contribution in [2.24, 2.45) is 0 Å². The number of nitro groups is 1. The third-order valence-corrected chi connectivity index (χ3v) is 3.24. The van der Waals surface area contributed by atoms with E-state index in [-0.39, 0.29) is 16.7 Å². The number of rotatable bonds is 6. The summed E-state index contributed by atoms with van der Waals surface area (Å²) in [6, 6.07) is 5.23. The number of nitrogens with zero attached hydrogens (tertiary/aromatic N) is 1. The Bertz CT molecular complexity index is 398. The van der Waals surface area contributed by atoms with E-state index in [9.17, 15) is 10.1 Å². The molecule has 5 nitrogen and oxygen atoms in total. The van der Waals surface area contributed by atoms with E-state index in [1.807, 2.05) is 22.6 Å². The molecule has 1 unspecified atom stereocenters. The maximum absolute atomic E-state index is 10.7. The van der Waals surface area contributed by atoms with Gasteiger partial charge < -0.3 is 10.1 Å². The molecule has 0 spiro atoms. The summed E-state index contributed by atoms with van der Waals surface area (Å²) in [5.74, 6) is 0. The average molecular weight is 350 g/mol. The number of halogens is 1. The van der Waals surface area contributed by atoms with Crippen LogP contribution >= 0.6 is 22.6 Å². The van der Waals surface area contributed by atoms with Crippen molar-refractivity contribution in [3.63, 3.8) is 0 Å². The lowest BCUT2D eigenvalue weighted by Gasteiger charge is -2.17. The van der Waals surface area contributed by atoms with Crippen molar-refractivity contribution in [3.8, 4) is 0 Å². The van der Waals surface area contributed by atoms with E-state index in [4.69, 9.17) is 4.74 Å². The standard InChI is InChI=1S/C11H15IN2O3/c1-3-8(7-17-2)13-9-4-5-11(14(15)16)10(12)6-9/h4-6,8,13H,3,7H2,1-2H3. The molecule has 0 aliphatic rings. The lowest BCUT2D eigenvalue weighted by Crippen LogP contribution is -2.23. The number of hydrogen-bond donors (Lipinski definition) is 1. The monoisotopic (exact) mass is 350 g/mol. The maximum Gasteiger partial charge on any atom is 0.282 e. The van der Waals surface area contributed by atoms with Crippen molar-refractivity contribution in [2.45, 2.75) is 19.4 Å². The first-order valence-corrected chi connectivity index (χ1v) is 6.35. The molecule has 0 aromatic heterocycles. The Balaban J connectivity index is 2.79. The third-order valence-electron chi connectivity index (χ3n) is 2.38. The van der Waals surface area contributed by atoms with Crippen LogP contribution < -0.4 is 5.32 Å². The number of nitro benzene ring substituents is 1. The van der Waals surface area contributed by atoms with Crippen LogP contribution in [0.1, 0.15) is 13.3 Å². The molecule has 0 aliphatic heterocycles. The van der Waals surface area contributed by atoms with E-state index in [0.717, 1.165) is 12.1 Å². The van der Waals surface area contributed by atoms with Gasteiger partial charge in [0, 0.05) is 24.9 Å². The highest BCUT2D eigenvalue weighted by Crippen LogP contribution is 2.24. The first kappa shape index (κ1) is 14.2. The fraction of sp³-hybridized carbons (Fsp3) is 0.455. The summed E-state index contributed by atoms with van der Waals surface area (Å²) in [6.45, 7) is 2.68. The quantitative estimate of drug-likeness (QED) is 0.487. The second kappa shape index (κ2) is 6.75. The van der Waals surface area contributed by atoms with Gasteiger partial charge in [-0.3, -0.25) is 10.1 Å². The number of methoxy groups -OCH3 is 1. The van der Waals surface area contributed by atoms with Crippen molar-refractivity contribution >= 4 is 34.0 Å². The normalized spacial score (nSPS) is 12.2. The first-order chi connectivity index (χ1) is 8.08. The van der Waals surface area contributed by atoms with Crippen LogP contribution in [0.25, 0.3) is 0 Å². The van der Waals surface area contributed by atoms with Crippen molar-refractivity contribution in [2.75, 3.05) is 19.0 Å². The molecule has 0 radical (unpaired) electrons. The molecule has 0 fully saturated rings. The van der Waals surface area contributed by atoms with Gasteiger partial charge in [-0.2, -0.15) is 0 Å². The first-order valence-electron chi connectivity index (χ1n) is 5.27. The van der Waals surface area contributed by atoms with Crippen LogP contribution in [0.2, 0.25) is 0 Å². The summed E-state index contributed by atoms with van der Waals surface area (Å²) >= 11 is 1.97. The van der Waals surface area contributed by atoms with Gasteiger partial charge >= 0.3 is 0 Å². The van der Waals surface area contributed by atoms with Gasteiger partial charge in [-0.15, -0.1) is 0 Å². The summed E-state index contributed by atoms with van der Waals surface area (Å²) in [6.07, 6.45) is 0.932. The number of anilines is 1. The lowest BCUT2D eigenvalue weighted by atomic mass is 10.2. The highest BCUT2D eigenvalue weighted by Gasteiger charge is 2.13. The highest BCUT2D eigenvalue weighted by molar-refractivity contribution is 14.1. The van der Waals surface area contributed by atoms with E-state index < -0.39 is 0 Å². The molecule has 0 aliphatic carbocycles. The van der Waals surface area contributed by atoms with Crippen LogP contribution in [-0.4, -0.2) is 24.7 Å². The summed E-state index contributed by atoms with van der Waals surface area (Å²) in [4.78, 5) is 10.3. The van der Waals surface area contributed by atoms with Gasteiger partial charge in [0.15, 0.2) is 0 Å². The van der Waals surface area contributed by atoms with Crippen LogP contribution in [0.4, 0.5) is 11.4 Å². The second-order valence-electron chi connectivity index (χ2n) is 3.63. The molecule has 0 bridgehead atoms. The number of benzene rings is 1. The summed E-state index contributed by atoms with van der Waals surface area (Å²) in [7, 11) is 1.66. The van der Waals surface area contributed by atoms with Gasteiger partial charge in [-0.05, 0) is 41.1 Å². The second-order valence-corrected chi connectivity index (χ2v) is 4.79. The zero-order chi connectivity index (χ0) is 12.8. The predicted molar refractivity (Wildman–Crippen MR) is 75.4 cm³/mol. The van der Waals surface area contributed by atoms with Gasteiger partial charge in [-0.25, -0.2) is 0 Å². The summed E-state index contributed by atoms with van der Waals surface area (Å²) in [5.41, 5.74) is 1.01. The van der Waals surface area contributed by atoms with Gasteiger partial charge in [0.25, 0.3) is 5.69 Å². The van der Waals surface area contributed by atoms with Crippen LogP contribution in [-0.2, 0) is 4.74 Å². The molecule has 0 amide bonds. The highest BCUT2D eigenvalue weighted by atomic mass is 127. The summed E-state index contributed by atoms with van der Waals surface area (Å²) in [5, 5.41) is 14.0. The van der Waals surface area contributed by atoms with E-state index in [2.05, 4.69) is 12.2 Å². The largest absolute Gasteiger partial charge is 0.383 e. The maximum atomic E-state index is 10.7. The molecule has 94 valence electrons. The Morgan fingerprint density at radius 2 is 2.29 bits per heavy atom. The molecular formula is C11H15IN2O3. The van der Waals surface area contributed by atoms with Crippen molar-refractivity contribution < 1.29 is 9.66 Å². The van der Waals surface area contributed by atoms with E-state index >= 15 is 0 Å².